The van der Waals surface area contributed by atoms with E-state index in [4.69, 9.17) is 23.2 Å². The van der Waals surface area contributed by atoms with E-state index in [1.807, 2.05) is 0 Å². The van der Waals surface area contributed by atoms with E-state index in [0.29, 0.717) is 25.9 Å². The Labute approximate surface area is 122 Å². The molecular formula is C13H7Cl2NO2S. The Morgan fingerprint density at radius 2 is 1.89 bits per heavy atom. The minimum absolute atomic E-state index is 0.128. The van der Waals surface area contributed by atoms with E-state index in [9.17, 15) is 9.90 Å². The molecule has 6 heteroatoms. The van der Waals surface area contributed by atoms with Crippen LogP contribution in [0.15, 0.2) is 41.2 Å². The molecule has 0 fully saturated rings. The highest BCUT2D eigenvalue weighted by Crippen LogP contribution is 2.29. The molecular weight excluding hydrogens is 305 g/mol. The standard InChI is InChI=1S/C13H7Cl2NO2S/c14-7-1-3-10(9(15)5-7)16-11-4-2-8(17)6-12(11)19-13(16)18/h1-6,17H. The number of aromatic hydroxyl groups is 1. The zero-order chi connectivity index (χ0) is 13.6. The summed E-state index contributed by atoms with van der Waals surface area (Å²) >= 11 is 13.0. The Balaban J connectivity index is 2.36. The molecule has 0 radical (unpaired) electrons. The average Bonchev–Trinajstić information content (AvgIpc) is 2.65. The van der Waals surface area contributed by atoms with E-state index in [1.54, 1.807) is 30.3 Å². The van der Waals surface area contributed by atoms with Crippen molar-refractivity contribution in [3.05, 3.63) is 56.1 Å². The van der Waals surface area contributed by atoms with Crippen molar-refractivity contribution >= 4 is 44.8 Å². The number of rotatable bonds is 1. The van der Waals surface area contributed by atoms with Gasteiger partial charge in [-0.15, -0.1) is 0 Å². The van der Waals surface area contributed by atoms with E-state index < -0.39 is 0 Å². The molecule has 1 heterocycles. The fourth-order valence-corrected chi connectivity index (χ4v) is 3.31. The highest BCUT2D eigenvalue weighted by atomic mass is 35.5. The zero-order valence-corrected chi connectivity index (χ0v) is 11.8. The number of aromatic nitrogens is 1. The van der Waals surface area contributed by atoms with Crippen molar-refractivity contribution < 1.29 is 5.11 Å². The van der Waals surface area contributed by atoms with Gasteiger partial charge in [0.05, 0.1) is 20.9 Å². The first-order valence-electron chi connectivity index (χ1n) is 5.36. The second-order valence-electron chi connectivity index (χ2n) is 3.95. The van der Waals surface area contributed by atoms with Crippen molar-refractivity contribution in [2.75, 3.05) is 0 Å². The molecule has 3 rings (SSSR count). The van der Waals surface area contributed by atoms with Gasteiger partial charge < -0.3 is 5.11 Å². The lowest BCUT2D eigenvalue weighted by Crippen LogP contribution is -2.10. The summed E-state index contributed by atoms with van der Waals surface area (Å²) in [5, 5.41) is 10.4. The third-order valence-electron chi connectivity index (χ3n) is 2.71. The minimum Gasteiger partial charge on any atom is -0.508 e. The average molecular weight is 312 g/mol. The predicted molar refractivity (Wildman–Crippen MR) is 79.1 cm³/mol. The quantitative estimate of drug-likeness (QED) is 0.736. The summed E-state index contributed by atoms with van der Waals surface area (Å²) < 4.78 is 2.22. The molecule has 0 saturated carbocycles. The van der Waals surface area contributed by atoms with Crippen LogP contribution >= 0.6 is 34.5 Å². The predicted octanol–water partition coefficient (Wildman–Crippen LogP) is 4.06. The Morgan fingerprint density at radius 3 is 2.63 bits per heavy atom. The van der Waals surface area contributed by atoms with Gasteiger partial charge in [-0.05, 0) is 36.4 Å². The van der Waals surface area contributed by atoms with E-state index >= 15 is 0 Å². The summed E-state index contributed by atoms with van der Waals surface area (Å²) in [6, 6.07) is 9.75. The molecule has 0 atom stereocenters. The molecule has 0 bridgehead atoms. The van der Waals surface area contributed by atoms with Gasteiger partial charge in [0, 0.05) is 5.02 Å². The first-order chi connectivity index (χ1) is 9.06. The lowest BCUT2D eigenvalue weighted by atomic mass is 10.2. The number of benzene rings is 2. The fourth-order valence-electron chi connectivity index (χ4n) is 1.90. The van der Waals surface area contributed by atoms with Crippen molar-refractivity contribution in [3.8, 4) is 11.4 Å². The van der Waals surface area contributed by atoms with Gasteiger partial charge in [0.2, 0.25) is 0 Å². The van der Waals surface area contributed by atoms with Gasteiger partial charge in [-0.1, -0.05) is 34.5 Å². The topological polar surface area (TPSA) is 42.2 Å². The normalized spacial score (nSPS) is 11.1. The van der Waals surface area contributed by atoms with Crippen LogP contribution in [0.3, 0.4) is 0 Å². The Hall–Kier alpha value is -1.49. The molecule has 0 aliphatic rings. The number of phenols is 1. The SMILES string of the molecule is O=c1sc2cc(O)ccc2n1-c1ccc(Cl)cc1Cl. The zero-order valence-electron chi connectivity index (χ0n) is 9.43. The van der Waals surface area contributed by atoms with Crippen LogP contribution in [0, 0.1) is 0 Å². The number of fused-ring (bicyclic) bond motifs is 1. The molecule has 3 nitrogen and oxygen atoms in total. The van der Waals surface area contributed by atoms with Gasteiger partial charge in [-0.3, -0.25) is 9.36 Å². The summed E-state index contributed by atoms with van der Waals surface area (Å²) in [5.74, 6) is 0.128. The Morgan fingerprint density at radius 1 is 1.11 bits per heavy atom. The maximum absolute atomic E-state index is 12.1. The molecule has 3 aromatic rings. The number of thiazole rings is 1. The first-order valence-corrected chi connectivity index (χ1v) is 6.93. The van der Waals surface area contributed by atoms with Crippen LogP contribution < -0.4 is 4.87 Å². The molecule has 0 aliphatic carbocycles. The van der Waals surface area contributed by atoms with Crippen LogP contribution in [0.25, 0.3) is 15.9 Å². The van der Waals surface area contributed by atoms with Crippen LogP contribution in [-0.2, 0) is 0 Å². The summed E-state index contributed by atoms with van der Waals surface area (Å²) in [4.78, 5) is 11.9. The maximum atomic E-state index is 12.1. The molecule has 2 aromatic carbocycles. The molecule has 0 saturated heterocycles. The minimum atomic E-state index is -0.162. The van der Waals surface area contributed by atoms with Crippen LogP contribution in [0.2, 0.25) is 10.0 Å². The van der Waals surface area contributed by atoms with Gasteiger partial charge >= 0.3 is 4.87 Å². The molecule has 96 valence electrons. The van der Waals surface area contributed by atoms with Crippen molar-refractivity contribution in [3.63, 3.8) is 0 Å². The molecule has 1 N–H and O–H groups in total. The maximum Gasteiger partial charge on any atom is 0.312 e. The molecule has 1 aromatic heterocycles. The lowest BCUT2D eigenvalue weighted by Gasteiger charge is -2.06. The third kappa shape index (κ3) is 2.12. The highest BCUT2D eigenvalue weighted by Gasteiger charge is 2.12. The fraction of sp³-hybridized carbons (Fsp3) is 0. The van der Waals surface area contributed by atoms with Crippen LogP contribution in [-0.4, -0.2) is 9.67 Å². The van der Waals surface area contributed by atoms with Gasteiger partial charge in [0.25, 0.3) is 0 Å². The van der Waals surface area contributed by atoms with Crippen LogP contribution in [0.5, 0.6) is 5.75 Å². The van der Waals surface area contributed by atoms with Gasteiger partial charge in [-0.25, -0.2) is 0 Å². The molecule has 0 unspecified atom stereocenters. The third-order valence-corrected chi connectivity index (χ3v) is 4.16. The van der Waals surface area contributed by atoms with E-state index in [1.165, 1.54) is 10.6 Å². The van der Waals surface area contributed by atoms with Crippen LogP contribution in [0.1, 0.15) is 0 Å². The number of hydrogen-bond acceptors (Lipinski definition) is 3. The van der Waals surface area contributed by atoms with Gasteiger partial charge in [0.15, 0.2) is 0 Å². The first kappa shape index (κ1) is 12.5. The molecule has 0 amide bonds. The van der Waals surface area contributed by atoms with Gasteiger partial charge in [0.1, 0.15) is 5.75 Å². The largest absolute Gasteiger partial charge is 0.508 e. The second-order valence-corrected chi connectivity index (χ2v) is 5.79. The summed E-state index contributed by atoms with van der Waals surface area (Å²) in [5.41, 5.74) is 1.28. The van der Waals surface area contributed by atoms with E-state index in [2.05, 4.69) is 0 Å². The number of nitrogens with zero attached hydrogens (tertiary/aromatic N) is 1. The molecule has 0 spiro atoms. The van der Waals surface area contributed by atoms with Crippen LogP contribution in [0.4, 0.5) is 0 Å². The van der Waals surface area contributed by atoms with E-state index in [0.717, 1.165) is 11.3 Å². The van der Waals surface area contributed by atoms with E-state index in [-0.39, 0.29) is 10.6 Å². The van der Waals surface area contributed by atoms with Crippen molar-refractivity contribution in [2.24, 2.45) is 0 Å². The summed E-state index contributed by atoms with van der Waals surface area (Å²) in [7, 11) is 0. The van der Waals surface area contributed by atoms with Crippen molar-refractivity contribution in [1.29, 1.82) is 0 Å². The molecule has 19 heavy (non-hydrogen) atoms. The number of phenolic OH excluding ortho intramolecular Hbond substituents is 1. The summed E-state index contributed by atoms with van der Waals surface area (Å²) in [6.45, 7) is 0. The number of hydrogen-bond donors (Lipinski definition) is 1. The van der Waals surface area contributed by atoms with Crippen molar-refractivity contribution in [2.45, 2.75) is 0 Å². The van der Waals surface area contributed by atoms with Crippen molar-refractivity contribution in [1.82, 2.24) is 4.57 Å². The second kappa shape index (κ2) is 4.56. The molecule has 0 aliphatic heterocycles. The number of halogens is 2. The smallest absolute Gasteiger partial charge is 0.312 e. The monoisotopic (exact) mass is 311 g/mol. The summed E-state index contributed by atoms with van der Waals surface area (Å²) in [6.07, 6.45) is 0. The van der Waals surface area contributed by atoms with Gasteiger partial charge in [-0.2, -0.15) is 0 Å². The lowest BCUT2D eigenvalue weighted by molar-refractivity contribution is 0.476. The Kier molecular flexibility index (Phi) is 3.01. The Bertz CT molecular complexity index is 838. The highest BCUT2D eigenvalue weighted by molar-refractivity contribution is 7.16.